The number of aromatic nitrogens is 1. The zero-order valence-electron chi connectivity index (χ0n) is 13.8. The van der Waals surface area contributed by atoms with E-state index in [0.717, 1.165) is 12.1 Å². The first-order valence-corrected chi connectivity index (χ1v) is 7.46. The number of oxime groups is 1. The fourth-order valence-electron chi connectivity index (χ4n) is 1.87. The quantitative estimate of drug-likeness (QED) is 0.602. The molecule has 1 aromatic heterocycles. The second kappa shape index (κ2) is 8.32. The minimum absolute atomic E-state index is 0.0305. The predicted octanol–water partition coefficient (Wildman–Crippen LogP) is 2.91. The van der Waals surface area contributed by atoms with Gasteiger partial charge in [-0.3, -0.25) is 4.79 Å². The number of benzene rings is 1. The Morgan fingerprint density at radius 2 is 1.88 bits per heavy atom. The third-order valence-electron chi connectivity index (χ3n) is 3.23. The first kappa shape index (κ1) is 19.2. The van der Waals surface area contributed by atoms with Gasteiger partial charge in [0.25, 0.3) is 5.91 Å². The molecular formula is C17H16F3N3O3. The Bertz CT molecular complexity index is 773. The molecule has 0 saturated heterocycles. The van der Waals surface area contributed by atoms with Gasteiger partial charge >= 0.3 is 6.18 Å². The lowest BCUT2D eigenvalue weighted by molar-refractivity contribution is -0.137. The van der Waals surface area contributed by atoms with Crippen LogP contribution in [0.2, 0.25) is 0 Å². The first-order chi connectivity index (χ1) is 12.3. The maximum Gasteiger partial charge on any atom is 0.416 e. The van der Waals surface area contributed by atoms with Crippen LogP contribution in [-0.4, -0.2) is 23.2 Å². The highest BCUT2D eigenvalue weighted by Crippen LogP contribution is 2.29. The summed E-state index contributed by atoms with van der Waals surface area (Å²) in [7, 11) is 0. The molecule has 1 aromatic carbocycles. The molecule has 0 aliphatic rings. The van der Waals surface area contributed by atoms with Crippen molar-refractivity contribution in [1.82, 2.24) is 4.98 Å². The van der Waals surface area contributed by atoms with E-state index in [-0.39, 0.29) is 19.1 Å². The van der Waals surface area contributed by atoms with E-state index in [2.05, 4.69) is 10.1 Å². The molecule has 0 aliphatic heterocycles. The minimum atomic E-state index is -4.37. The van der Waals surface area contributed by atoms with Gasteiger partial charge in [-0.25, -0.2) is 4.98 Å². The molecule has 2 aromatic rings. The van der Waals surface area contributed by atoms with Crippen molar-refractivity contribution in [1.29, 1.82) is 0 Å². The van der Waals surface area contributed by atoms with E-state index in [1.165, 1.54) is 18.3 Å². The van der Waals surface area contributed by atoms with E-state index >= 15 is 0 Å². The van der Waals surface area contributed by atoms with Gasteiger partial charge < -0.3 is 15.3 Å². The summed E-state index contributed by atoms with van der Waals surface area (Å²) in [4.78, 5) is 19.8. The number of carbonyl (C=O) groups excluding carboxylic acids is 1. The second-order valence-electron chi connectivity index (χ2n) is 5.28. The van der Waals surface area contributed by atoms with Crippen molar-refractivity contribution in [2.45, 2.75) is 19.7 Å². The third-order valence-corrected chi connectivity index (χ3v) is 3.23. The largest absolute Gasteiger partial charge is 0.468 e. The van der Waals surface area contributed by atoms with Crippen LogP contribution in [0.15, 0.2) is 47.8 Å². The van der Waals surface area contributed by atoms with Crippen LogP contribution in [0.5, 0.6) is 5.88 Å². The Balaban J connectivity index is 1.90. The molecule has 0 atom stereocenters. The van der Waals surface area contributed by atoms with Crippen LogP contribution in [0.1, 0.15) is 23.6 Å². The Morgan fingerprint density at radius 1 is 1.19 bits per heavy atom. The van der Waals surface area contributed by atoms with Gasteiger partial charge in [-0.05, 0) is 30.7 Å². The van der Waals surface area contributed by atoms with Crippen molar-refractivity contribution in [2.75, 3.05) is 6.61 Å². The predicted molar refractivity (Wildman–Crippen MR) is 87.4 cm³/mol. The molecule has 0 bridgehead atoms. The van der Waals surface area contributed by atoms with Crippen LogP contribution in [-0.2, 0) is 22.4 Å². The Morgan fingerprint density at radius 3 is 2.42 bits per heavy atom. The number of hydrogen-bond donors (Lipinski definition) is 1. The highest BCUT2D eigenvalue weighted by atomic mass is 19.4. The maximum atomic E-state index is 12.5. The number of pyridine rings is 1. The van der Waals surface area contributed by atoms with Crippen LogP contribution < -0.4 is 10.5 Å². The number of nitrogens with two attached hydrogens (primary N) is 1. The van der Waals surface area contributed by atoms with Crippen LogP contribution in [0.3, 0.4) is 0 Å². The molecule has 26 heavy (non-hydrogen) atoms. The summed E-state index contributed by atoms with van der Waals surface area (Å²) in [6, 6.07) is 7.87. The van der Waals surface area contributed by atoms with Crippen LogP contribution in [0.25, 0.3) is 0 Å². The summed E-state index contributed by atoms with van der Waals surface area (Å²) in [5.41, 5.74) is 5.98. The number of nitrogens with zero attached hydrogens (tertiary/aromatic N) is 2. The SMILES string of the molecule is C/C(=N\OCc1ccc(C(F)(F)F)cc1)c1ccc(OCC(N)=O)nc1. The number of halogens is 3. The summed E-state index contributed by atoms with van der Waals surface area (Å²) in [5, 5.41) is 3.90. The Labute approximate surface area is 147 Å². The van der Waals surface area contributed by atoms with Crippen molar-refractivity contribution in [3.8, 4) is 5.88 Å². The molecule has 138 valence electrons. The van der Waals surface area contributed by atoms with Crippen molar-refractivity contribution in [3.63, 3.8) is 0 Å². The lowest BCUT2D eigenvalue weighted by Crippen LogP contribution is -2.20. The number of rotatable bonds is 7. The monoisotopic (exact) mass is 367 g/mol. The maximum absolute atomic E-state index is 12.5. The zero-order chi connectivity index (χ0) is 19.2. The number of alkyl halides is 3. The van der Waals surface area contributed by atoms with Gasteiger partial charge in [0.2, 0.25) is 5.88 Å². The fourth-order valence-corrected chi connectivity index (χ4v) is 1.87. The lowest BCUT2D eigenvalue weighted by atomic mass is 10.1. The Kier molecular flexibility index (Phi) is 6.16. The molecule has 1 amide bonds. The summed E-state index contributed by atoms with van der Waals surface area (Å²) < 4.78 is 42.5. The fraction of sp³-hybridized carbons (Fsp3) is 0.235. The molecule has 0 radical (unpaired) electrons. The van der Waals surface area contributed by atoms with Crippen molar-refractivity contribution in [2.24, 2.45) is 10.9 Å². The number of primary amides is 1. The molecule has 1 heterocycles. The van der Waals surface area contributed by atoms with Gasteiger partial charge in [0.1, 0.15) is 6.61 Å². The summed E-state index contributed by atoms with van der Waals surface area (Å²) in [5.74, 6) is -0.365. The van der Waals surface area contributed by atoms with Crippen molar-refractivity contribution >= 4 is 11.6 Å². The third kappa shape index (κ3) is 5.76. The normalized spacial score (nSPS) is 11.9. The van der Waals surface area contributed by atoms with E-state index in [1.54, 1.807) is 19.1 Å². The summed E-state index contributed by atoms with van der Waals surface area (Å²) in [6.07, 6.45) is -2.88. The number of amides is 1. The van der Waals surface area contributed by atoms with E-state index in [9.17, 15) is 18.0 Å². The van der Waals surface area contributed by atoms with Gasteiger partial charge in [0, 0.05) is 17.8 Å². The second-order valence-corrected chi connectivity index (χ2v) is 5.28. The van der Waals surface area contributed by atoms with Gasteiger partial charge in [-0.15, -0.1) is 0 Å². The summed E-state index contributed by atoms with van der Waals surface area (Å²) in [6.45, 7) is 1.45. The highest BCUT2D eigenvalue weighted by molar-refractivity contribution is 5.98. The number of hydrogen-bond acceptors (Lipinski definition) is 5. The first-order valence-electron chi connectivity index (χ1n) is 7.46. The van der Waals surface area contributed by atoms with Gasteiger partial charge in [-0.1, -0.05) is 17.3 Å². The minimum Gasteiger partial charge on any atom is -0.468 e. The molecule has 0 aliphatic carbocycles. The van der Waals surface area contributed by atoms with Crippen LogP contribution in [0, 0.1) is 0 Å². The van der Waals surface area contributed by atoms with E-state index in [1.807, 2.05) is 0 Å². The van der Waals surface area contributed by atoms with Gasteiger partial charge in [-0.2, -0.15) is 13.2 Å². The highest BCUT2D eigenvalue weighted by Gasteiger charge is 2.29. The average Bonchev–Trinajstić information content (AvgIpc) is 2.60. The molecule has 6 nitrogen and oxygen atoms in total. The zero-order valence-corrected chi connectivity index (χ0v) is 13.8. The number of ether oxygens (including phenoxy) is 1. The molecule has 0 unspecified atom stereocenters. The molecule has 0 fully saturated rings. The molecule has 0 spiro atoms. The van der Waals surface area contributed by atoms with Crippen LogP contribution in [0.4, 0.5) is 13.2 Å². The number of carbonyl (C=O) groups is 1. The molecule has 2 N–H and O–H groups in total. The smallest absolute Gasteiger partial charge is 0.416 e. The van der Waals surface area contributed by atoms with Crippen molar-refractivity contribution < 1.29 is 27.5 Å². The molecular weight excluding hydrogens is 351 g/mol. The molecule has 9 heteroatoms. The molecule has 0 saturated carbocycles. The molecule has 2 rings (SSSR count). The standard InChI is InChI=1S/C17H16F3N3O3/c1-11(13-4-7-16(22-8-13)25-10-15(21)24)23-26-9-12-2-5-14(6-3-12)17(18,19)20/h2-8H,9-10H2,1H3,(H2,21,24)/b23-11+. The van der Waals surface area contributed by atoms with E-state index < -0.39 is 17.6 Å². The van der Waals surface area contributed by atoms with Crippen LogP contribution >= 0.6 is 0 Å². The summed E-state index contributed by atoms with van der Waals surface area (Å²) >= 11 is 0. The average molecular weight is 367 g/mol. The van der Waals surface area contributed by atoms with Gasteiger partial charge in [0.15, 0.2) is 6.61 Å². The topological polar surface area (TPSA) is 86.8 Å². The van der Waals surface area contributed by atoms with E-state index in [4.69, 9.17) is 15.3 Å². The van der Waals surface area contributed by atoms with E-state index in [0.29, 0.717) is 16.8 Å². The Hall–Kier alpha value is -3.10. The van der Waals surface area contributed by atoms with Gasteiger partial charge in [0.05, 0.1) is 11.3 Å². The van der Waals surface area contributed by atoms with Crippen molar-refractivity contribution in [3.05, 3.63) is 59.3 Å². The lowest BCUT2D eigenvalue weighted by Gasteiger charge is -2.07.